The van der Waals surface area contributed by atoms with Gasteiger partial charge in [0, 0.05) is 12.3 Å². The van der Waals surface area contributed by atoms with Crippen molar-refractivity contribution in [3.8, 4) is 0 Å². The minimum absolute atomic E-state index is 0.0642. The lowest BCUT2D eigenvalue weighted by molar-refractivity contribution is -0.176. The molecule has 0 unspecified atom stereocenters. The number of ketones is 1. The second-order valence-electron chi connectivity index (χ2n) is 9.47. The highest BCUT2D eigenvalue weighted by Gasteiger charge is 2.58. The maximum absolute atomic E-state index is 14.5. The summed E-state index contributed by atoms with van der Waals surface area (Å²) in [5.74, 6) is -10.7. The molecule has 0 spiro atoms. The van der Waals surface area contributed by atoms with E-state index in [0.717, 1.165) is 6.20 Å². The Bertz CT molecular complexity index is 1550. The van der Waals surface area contributed by atoms with Crippen LogP contribution in [0.3, 0.4) is 0 Å². The Hall–Kier alpha value is -5.23. The molecular weight excluding hydrogens is 568 g/mol. The fraction of sp³-hybridized carbons (Fsp3) is 0.194. The molecule has 2 aliphatic rings. The quantitative estimate of drug-likeness (QED) is 0.220. The number of carbonyl (C=O) groups is 5. The van der Waals surface area contributed by atoms with E-state index < -0.39 is 66.7 Å². The van der Waals surface area contributed by atoms with Gasteiger partial charge in [0.2, 0.25) is 5.78 Å². The molecule has 3 aromatic carbocycles. The second-order valence-corrected chi connectivity index (χ2v) is 9.47. The third-order valence-electron chi connectivity index (χ3n) is 6.65. The lowest BCUT2D eigenvalue weighted by Crippen LogP contribution is -2.56. The van der Waals surface area contributed by atoms with Crippen molar-refractivity contribution in [2.75, 3.05) is 6.61 Å². The number of alkyl halides is 2. The molecule has 1 amide bonds. The van der Waals surface area contributed by atoms with Crippen LogP contribution in [0.5, 0.6) is 0 Å². The van der Waals surface area contributed by atoms with E-state index in [1.165, 1.54) is 36.4 Å². The lowest BCUT2D eigenvalue weighted by Gasteiger charge is -2.33. The number of nitrogens with zero attached hydrogens (tertiary/aromatic N) is 1. The first-order valence-electron chi connectivity index (χ1n) is 13.0. The van der Waals surface area contributed by atoms with E-state index in [1.807, 2.05) is 0 Å². The molecule has 0 N–H and O–H groups in total. The summed E-state index contributed by atoms with van der Waals surface area (Å²) < 4.78 is 51.6. The highest BCUT2D eigenvalue weighted by Crippen LogP contribution is 2.35. The van der Waals surface area contributed by atoms with Gasteiger partial charge in [-0.3, -0.25) is 14.5 Å². The van der Waals surface area contributed by atoms with Crippen LogP contribution in [0.2, 0.25) is 0 Å². The number of amides is 1. The zero-order chi connectivity index (χ0) is 30.6. The molecule has 5 rings (SSSR count). The average molecular weight is 592 g/mol. The van der Waals surface area contributed by atoms with Gasteiger partial charge < -0.3 is 18.9 Å². The van der Waals surface area contributed by atoms with E-state index in [2.05, 4.69) is 0 Å². The molecule has 3 aromatic rings. The summed E-state index contributed by atoms with van der Waals surface area (Å²) in [5.41, 5.74) is 0.355. The Labute approximate surface area is 243 Å². The van der Waals surface area contributed by atoms with E-state index >= 15 is 0 Å². The van der Waals surface area contributed by atoms with E-state index in [0.29, 0.717) is 11.0 Å². The van der Waals surface area contributed by atoms with Crippen LogP contribution in [-0.4, -0.2) is 71.6 Å². The largest absolute Gasteiger partial charge is 0.459 e. The maximum atomic E-state index is 14.5. The molecule has 12 heteroatoms. The fourth-order valence-electron chi connectivity index (χ4n) is 4.47. The minimum atomic E-state index is -4.43. The van der Waals surface area contributed by atoms with Gasteiger partial charge in [-0.25, -0.2) is 14.4 Å². The van der Waals surface area contributed by atoms with Gasteiger partial charge in [0.1, 0.15) is 12.7 Å². The van der Waals surface area contributed by atoms with Crippen molar-refractivity contribution in [2.24, 2.45) is 0 Å². The van der Waals surface area contributed by atoms with Crippen LogP contribution < -0.4 is 0 Å². The summed E-state index contributed by atoms with van der Waals surface area (Å²) in [7, 11) is 0. The van der Waals surface area contributed by atoms with Gasteiger partial charge >= 0.3 is 29.7 Å². The summed E-state index contributed by atoms with van der Waals surface area (Å²) in [5, 5.41) is 0. The van der Waals surface area contributed by atoms with Crippen LogP contribution in [0.4, 0.5) is 8.78 Å². The Morgan fingerprint density at radius 2 is 1.19 bits per heavy atom. The monoisotopic (exact) mass is 591 g/mol. The number of allylic oxidation sites excluding steroid dienone is 1. The first-order valence-corrected chi connectivity index (χ1v) is 13.0. The van der Waals surface area contributed by atoms with E-state index in [9.17, 15) is 32.8 Å². The summed E-state index contributed by atoms with van der Waals surface area (Å²) >= 11 is 0. The second kappa shape index (κ2) is 12.3. The van der Waals surface area contributed by atoms with Gasteiger partial charge in [0.05, 0.1) is 16.7 Å². The molecule has 0 aromatic heterocycles. The predicted octanol–water partition coefficient (Wildman–Crippen LogP) is 3.58. The Kier molecular flexibility index (Phi) is 8.39. The SMILES string of the molecule is O=C(OC[C@H]1O[C@@H](N2C=CC(=O)C(F)(F)C2=O)[C@@H](OC(=O)c2ccccc2)[C@@H]1OC(=O)c1ccccc1)c1ccccc1. The van der Waals surface area contributed by atoms with Crippen LogP contribution in [0, 0.1) is 0 Å². The third kappa shape index (κ3) is 6.19. The molecule has 0 radical (unpaired) electrons. The number of ether oxygens (including phenoxy) is 4. The maximum Gasteiger partial charge on any atom is 0.386 e. The van der Waals surface area contributed by atoms with Crippen molar-refractivity contribution < 1.29 is 51.7 Å². The van der Waals surface area contributed by atoms with Gasteiger partial charge in [-0.1, -0.05) is 54.6 Å². The third-order valence-corrected chi connectivity index (χ3v) is 6.65. The first kappa shape index (κ1) is 29.3. The number of halogens is 2. The predicted molar refractivity (Wildman–Crippen MR) is 143 cm³/mol. The number of carbonyl (C=O) groups excluding carboxylic acids is 5. The summed E-state index contributed by atoms with van der Waals surface area (Å²) in [6, 6.07) is 23.2. The number of hydrogen-bond acceptors (Lipinski definition) is 9. The molecule has 220 valence electrons. The molecule has 2 aliphatic heterocycles. The molecule has 4 atom stereocenters. The van der Waals surface area contributed by atoms with E-state index in [-0.39, 0.29) is 16.7 Å². The zero-order valence-electron chi connectivity index (χ0n) is 22.2. The van der Waals surface area contributed by atoms with Crippen LogP contribution in [-0.2, 0) is 28.5 Å². The van der Waals surface area contributed by atoms with Crippen molar-refractivity contribution >= 4 is 29.6 Å². The molecule has 43 heavy (non-hydrogen) atoms. The smallest absolute Gasteiger partial charge is 0.386 e. The first-order chi connectivity index (χ1) is 20.7. The van der Waals surface area contributed by atoms with Crippen LogP contribution in [0.15, 0.2) is 103 Å². The normalized spacial score (nSPS) is 22.6. The highest BCUT2D eigenvalue weighted by atomic mass is 19.3. The number of rotatable bonds is 8. The van der Waals surface area contributed by atoms with Gasteiger partial charge in [-0.15, -0.1) is 0 Å². The molecule has 1 fully saturated rings. The molecule has 0 saturated carbocycles. The van der Waals surface area contributed by atoms with Crippen LogP contribution >= 0.6 is 0 Å². The average Bonchev–Trinajstić information content (AvgIpc) is 3.36. The topological polar surface area (TPSA) is 126 Å². The molecule has 2 heterocycles. The van der Waals surface area contributed by atoms with Gasteiger partial charge in [0.15, 0.2) is 18.4 Å². The van der Waals surface area contributed by atoms with E-state index in [4.69, 9.17) is 18.9 Å². The molecule has 10 nitrogen and oxygen atoms in total. The van der Waals surface area contributed by atoms with Crippen LogP contribution in [0.1, 0.15) is 31.1 Å². The fourth-order valence-corrected chi connectivity index (χ4v) is 4.47. The van der Waals surface area contributed by atoms with Crippen molar-refractivity contribution in [3.05, 3.63) is 120 Å². The van der Waals surface area contributed by atoms with Crippen molar-refractivity contribution in [3.63, 3.8) is 0 Å². The minimum Gasteiger partial charge on any atom is -0.459 e. The number of esters is 3. The van der Waals surface area contributed by atoms with Crippen LogP contribution in [0.25, 0.3) is 0 Å². The highest BCUT2D eigenvalue weighted by molar-refractivity contribution is 6.14. The van der Waals surface area contributed by atoms with E-state index in [1.54, 1.807) is 54.6 Å². The molecular formula is C31H23F2NO9. The Balaban J connectivity index is 1.50. The summed E-state index contributed by atoms with van der Waals surface area (Å²) in [6.07, 6.45) is -5.20. The Morgan fingerprint density at radius 3 is 1.70 bits per heavy atom. The van der Waals surface area contributed by atoms with Crippen molar-refractivity contribution in [2.45, 2.75) is 30.5 Å². The summed E-state index contributed by atoms with van der Waals surface area (Å²) in [4.78, 5) is 63.8. The zero-order valence-corrected chi connectivity index (χ0v) is 22.2. The Morgan fingerprint density at radius 1 is 0.721 bits per heavy atom. The molecule has 1 saturated heterocycles. The number of hydrogen-bond donors (Lipinski definition) is 0. The molecule has 0 bridgehead atoms. The summed E-state index contributed by atoms with van der Waals surface area (Å²) in [6.45, 7) is -0.586. The number of benzene rings is 3. The van der Waals surface area contributed by atoms with Crippen molar-refractivity contribution in [1.82, 2.24) is 4.90 Å². The lowest BCUT2D eigenvalue weighted by atomic mass is 10.1. The van der Waals surface area contributed by atoms with Crippen molar-refractivity contribution in [1.29, 1.82) is 0 Å². The molecule has 0 aliphatic carbocycles. The van der Waals surface area contributed by atoms with Gasteiger partial charge in [0.25, 0.3) is 0 Å². The van der Waals surface area contributed by atoms with Gasteiger partial charge in [-0.05, 0) is 36.4 Å². The standard InChI is InChI=1S/C31H23F2NO9/c32-31(33)23(35)16-17-34(30(31)39)26-25(43-29(38)21-14-8-3-9-15-21)24(42-28(37)20-12-6-2-7-13-20)22(41-26)18-40-27(36)19-10-4-1-5-11-19/h1-17,22,24-26H,18H2/t22-,24-,25+,26-/m1/s1. The van der Waals surface area contributed by atoms with Gasteiger partial charge in [-0.2, -0.15) is 8.78 Å².